The molecule has 0 heterocycles. The number of hydrogen-bond donors (Lipinski definition) is 2. The Morgan fingerprint density at radius 1 is 1.15 bits per heavy atom. The van der Waals surface area contributed by atoms with E-state index in [4.69, 9.17) is 5.73 Å². The molecule has 0 aliphatic heterocycles. The first-order chi connectivity index (χ1) is 13.0. The van der Waals surface area contributed by atoms with E-state index in [0.29, 0.717) is 18.2 Å². The minimum Gasteiger partial charge on any atom is -0.401 e. The first kappa shape index (κ1) is 20.6. The van der Waals surface area contributed by atoms with Crippen molar-refractivity contribution in [1.29, 1.82) is 0 Å². The maximum Gasteiger partial charge on any atom is 0.0536 e. The number of benzene rings is 2. The average molecular weight is 361 g/mol. The van der Waals surface area contributed by atoms with Crippen molar-refractivity contribution in [3.63, 3.8) is 0 Å². The Hall–Kier alpha value is -2.74. The molecule has 0 amide bonds. The molecule has 2 aromatic rings. The molecule has 0 aromatic heterocycles. The van der Waals surface area contributed by atoms with Gasteiger partial charge in [0.1, 0.15) is 0 Å². The lowest BCUT2D eigenvalue weighted by Crippen LogP contribution is -2.24. The second-order valence-corrected chi connectivity index (χ2v) is 7.17. The van der Waals surface area contributed by atoms with Crippen molar-refractivity contribution in [3.8, 4) is 11.1 Å². The molecule has 142 valence electrons. The van der Waals surface area contributed by atoms with Gasteiger partial charge in [-0.05, 0) is 54.9 Å². The van der Waals surface area contributed by atoms with Crippen LogP contribution >= 0.6 is 0 Å². The van der Waals surface area contributed by atoms with Crippen LogP contribution in [0.3, 0.4) is 0 Å². The summed E-state index contributed by atoms with van der Waals surface area (Å²) in [6.45, 7) is 14.6. The van der Waals surface area contributed by atoms with Gasteiger partial charge < -0.3 is 11.1 Å². The van der Waals surface area contributed by atoms with Gasteiger partial charge in [0.2, 0.25) is 0 Å². The summed E-state index contributed by atoms with van der Waals surface area (Å²) in [4.78, 5) is 0. The van der Waals surface area contributed by atoms with Crippen LogP contribution in [0.2, 0.25) is 0 Å². The molecule has 2 heteroatoms. The normalized spacial score (nSPS) is 11.6. The Bertz CT molecular complexity index is 774. The lowest BCUT2D eigenvalue weighted by molar-refractivity contribution is 0.511. The van der Waals surface area contributed by atoms with E-state index in [1.165, 1.54) is 22.3 Å². The zero-order valence-corrected chi connectivity index (χ0v) is 16.5. The highest BCUT2D eigenvalue weighted by Gasteiger charge is 2.11. The van der Waals surface area contributed by atoms with E-state index in [9.17, 15) is 0 Å². The predicted molar refractivity (Wildman–Crippen MR) is 118 cm³/mol. The van der Waals surface area contributed by atoms with Crippen molar-refractivity contribution >= 4 is 0 Å². The molecular formula is C25H32N2. The average Bonchev–Trinajstić information content (AvgIpc) is 2.66. The predicted octanol–water partition coefficient (Wildman–Crippen LogP) is 5.75. The van der Waals surface area contributed by atoms with E-state index in [1.807, 2.05) is 6.08 Å². The second-order valence-electron chi connectivity index (χ2n) is 7.17. The highest BCUT2D eigenvalue weighted by Crippen LogP contribution is 2.25. The summed E-state index contributed by atoms with van der Waals surface area (Å²) in [5, 5.41) is 3.28. The van der Waals surface area contributed by atoms with Crippen LogP contribution in [0.15, 0.2) is 85.7 Å². The Morgan fingerprint density at radius 3 is 2.52 bits per heavy atom. The highest BCUT2D eigenvalue weighted by atomic mass is 14.9. The molecule has 27 heavy (non-hydrogen) atoms. The summed E-state index contributed by atoms with van der Waals surface area (Å²) in [5.74, 6) is 0.381. The first-order valence-electron chi connectivity index (χ1n) is 9.63. The van der Waals surface area contributed by atoms with E-state index in [-0.39, 0.29) is 0 Å². The number of nitrogens with two attached hydrogens (primary N) is 1. The molecule has 0 saturated carbocycles. The SMILES string of the molecule is C=CCC(CCCc1ccc(-c2ccccc2)c(C)c1)C(=C)NCC(=C)N. The van der Waals surface area contributed by atoms with Gasteiger partial charge in [-0.25, -0.2) is 0 Å². The smallest absolute Gasteiger partial charge is 0.0536 e. The van der Waals surface area contributed by atoms with Crippen molar-refractivity contribution in [1.82, 2.24) is 5.32 Å². The summed E-state index contributed by atoms with van der Waals surface area (Å²) in [6, 6.07) is 17.4. The Balaban J connectivity index is 1.93. The lowest BCUT2D eigenvalue weighted by atomic mass is 9.92. The van der Waals surface area contributed by atoms with Gasteiger partial charge in [-0.3, -0.25) is 0 Å². The molecule has 0 radical (unpaired) electrons. The molecule has 0 bridgehead atoms. The van der Waals surface area contributed by atoms with Crippen LogP contribution in [-0.4, -0.2) is 6.54 Å². The Morgan fingerprint density at radius 2 is 1.89 bits per heavy atom. The van der Waals surface area contributed by atoms with E-state index in [0.717, 1.165) is 31.4 Å². The van der Waals surface area contributed by atoms with E-state index >= 15 is 0 Å². The molecule has 0 aliphatic rings. The van der Waals surface area contributed by atoms with Crippen molar-refractivity contribution in [2.45, 2.75) is 32.6 Å². The van der Waals surface area contributed by atoms with Crippen LogP contribution in [0.5, 0.6) is 0 Å². The quantitative estimate of drug-likeness (QED) is 0.501. The van der Waals surface area contributed by atoms with E-state index < -0.39 is 0 Å². The topological polar surface area (TPSA) is 38.0 Å². The second kappa shape index (κ2) is 10.4. The molecule has 1 atom stereocenters. The van der Waals surface area contributed by atoms with Gasteiger partial charge in [-0.1, -0.05) is 67.8 Å². The number of aryl methyl sites for hydroxylation is 2. The van der Waals surface area contributed by atoms with Gasteiger partial charge >= 0.3 is 0 Å². The summed E-state index contributed by atoms with van der Waals surface area (Å²) in [6.07, 6.45) is 6.16. The minimum atomic E-state index is 0.381. The molecule has 1 unspecified atom stereocenters. The number of nitrogens with one attached hydrogen (secondary N) is 1. The maximum atomic E-state index is 5.64. The van der Waals surface area contributed by atoms with Gasteiger partial charge in [-0.2, -0.15) is 0 Å². The van der Waals surface area contributed by atoms with Gasteiger partial charge in [0.05, 0.1) is 6.54 Å². The highest BCUT2D eigenvalue weighted by molar-refractivity contribution is 5.67. The van der Waals surface area contributed by atoms with Crippen LogP contribution in [0.4, 0.5) is 0 Å². The van der Waals surface area contributed by atoms with Crippen LogP contribution in [0.1, 0.15) is 30.4 Å². The maximum absolute atomic E-state index is 5.64. The van der Waals surface area contributed by atoms with E-state index in [1.54, 1.807) is 0 Å². The fourth-order valence-corrected chi connectivity index (χ4v) is 3.38. The minimum absolute atomic E-state index is 0.381. The monoisotopic (exact) mass is 360 g/mol. The summed E-state index contributed by atoms with van der Waals surface area (Å²) < 4.78 is 0. The summed E-state index contributed by atoms with van der Waals surface area (Å²) in [7, 11) is 0. The molecule has 2 aromatic carbocycles. The largest absolute Gasteiger partial charge is 0.401 e. The van der Waals surface area contributed by atoms with Gasteiger partial charge in [0.15, 0.2) is 0 Å². The fourth-order valence-electron chi connectivity index (χ4n) is 3.38. The molecule has 0 aliphatic carbocycles. The van der Waals surface area contributed by atoms with Crippen molar-refractivity contribution in [2.75, 3.05) is 6.54 Å². The molecular weight excluding hydrogens is 328 g/mol. The molecule has 0 saturated heterocycles. The molecule has 0 fully saturated rings. The number of hydrogen-bond acceptors (Lipinski definition) is 2. The Labute approximate surface area is 164 Å². The number of rotatable bonds is 11. The Kier molecular flexibility index (Phi) is 7.94. The van der Waals surface area contributed by atoms with Crippen LogP contribution in [-0.2, 0) is 6.42 Å². The third kappa shape index (κ3) is 6.49. The third-order valence-electron chi connectivity index (χ3n) is 4.88. The van der Waals surface area contributed by atoms with Crippen LogP contribution in [0, 0.1) is 12.8 Å². The molecule has 2 nitrogen and oxygen atoms in total. The molecule has 2 rings (SSSR count). The van der Waals surface area contributed by atoms with Crippen molar-refractivity contribution in [2.24, 2.45) is 11.7 Å². The molecule has 0 spiro atoms. The fraction of sp³-hybridized carbons (Fsp3) is 0.280. The zero-order chi connectivity index (χ0) is 19.6. The first-order valence-corrected chi connectivity index (χ1v) is 9.63. The van der Waals surface area contributed by atoms with Gasteiger partial charge in [-0.15, -0.1) is 6.58 Å². The van der Waals surface area contributed by atoms with Crippen molar-refractivity contribution < 1.29 is 0 Å². The standard InChI is InChI=1S/C25H32N2/c1-5-10-23(21(4)27-18-20(3)26)14-9-11-22-15-16-25(19(2)17-22)24-12-7-6-8-13-24/h5-8,12-13,15-17,23,27H,1,3-4,9-11,14,18,26H2,2H3. The van der Waals surface area contributed by atoms with Gasteiger partial charge in [0, 0.05) is 17.3 Å². The van der Waals surface area contributed by atoms with Crippen LogP contribution < -0.4 is 11.1 Å². The summed E-state index contributed by atoms with van der Waals surface area (Å²) >= 11 is 0. The van der Waals surface area contributed by atoms with Crippen molar-refractivity contribution in [3.05, 3.63) is 96.9 Å². The zero-order valence-electron chi connectivity index (χ0n) is 16.5. The molecule has 3 N–H and O–H groups in total. The van der Waals surface area contributed by atoms with Crippen LogP contribution in [0.25, 0.3) is 11.1 Å². The number of allylic oxidation sites excluding steroid dienone is 2. The lowest BCUT2D eigenvalue weighted by Gasteiger charge is -2.20. The third-order valence-corrected chi connectivity index (χ3v) is 4.88. The van der Waals surface area contributed by atoms with Gasteiger partial charge in [0.25, 0.3) is 0 Å². The van der Waals surface area contributed by atoms with E-state index in [2.05, 4.69) is 80.5 Å². The summed E-state index contributed by atoms with van der Waals surface area (Å²) in [5.41, 5.74) is 12.6.